The van der Waals surface area contributed by atoms with E-state index in [1.54, 1.807) is 13.3 Å². The van der Waals surface area contributed by atoms with Crippen LogP contribution in [0.4, 0.5) is 10.5 Å². The molecule has 1 unspecified atom stereocenters. The summed E-state index contributed by atoms with van der Waals surface area (Å²) < 4.78 is 0. The molecular weight excluding hydrogens is 476 g/mol. The Bertz CT molecular complexity index is 1390. The highest BCUT2D eigenvalue weighted by atomic mass is 16.2. The van der Waals surface area contributed by atoms with Gasteiger partial charge in [-0.2, -0.15) is 0 Å². The van der Waals surface area contributed by atoms with Crippen molar-refractivity contribution in [3.63, 3.8) is 0 Å². The van der Waals surface area contributed by atoms with Crippen LogP contribution in [0.3, 0.4) is 0 Å². The minimum absolute atomic E-state index is 0.184. The van der Waals surface area contributed by atoms with Gasteiger partial charge < -0.3 is 25.9 Å². The zero-order valence-electron chi connectivity index (χ0n) is 22.1. The predicted octanol–water partition coefficient (Wildman–Crippen LogP) is 5.34. The van der Waals surface area contributed by atoms with Gasteiger partial charge in [0.15, 0.2) is 0 Å². The van der Waals surface area contributed by atoms with Gasteiger partial charge in [0.25, 0.3) is 0 Å². The fourth-order valence-corrected chi connectivity index (χ4v) is 5.65. The summed E-state index contributed by atoms with van der Waals surface area (Å²) >= 11 is 0. The van der Waals surface area contributed by atoms with E-state index in [4.69, 9.17) is 0 Å². The van der Waals surface area contributed by atoms with Gasteiger partial charge in [-0.05, 0) is 50.5 Å². The number of fused-ring (bicyclic) bond motifs is 1. The third-order valence-corrected chi connectivity index (χ3v) is 7.89. The van der Waals surface area contributed by atoms with Crippen LogP contribution in [0.25, 0.3) is 10.9 Å². The topological polar surface area (TPSA) is 115 Å². The number of aromatic nitrogens is 3. The minimum Gasteiger partial charge on any atom is -0.361 e. The molecule has 4 aromatic rings. The molecular formula is C30H36N6O2. The number of H-pyrrole nitrogens is 2. The number of amides is 3. The highest BCUT2D eigenvalue weighted by Crippen LogP contribution is 2.38. The normalized spacial score (nSPS) is 16.5. The molecule has 0 radical (unpaired) electrons. The number of anilines is 1. The number of benzene rings is 2. The van der Waals surface area contributed by atoms with Crippen molar-refractivity contribution in [3.8, 4) is 0 Å². The lowest BCUT2D eigenvalue weighted by Gasteiger charge is -2.38. The Kier molecular flexibility index (Phi) is 7.22. The smallest absolute Gasteiger partial charge is 0.320 e. The molecule has 2 aromatic heterocycles. The van der Waals surface area contributed by atoms with E-state index >= 15 is 0 Å². The zero-order chi connectivity index (χ0) is 26.6. The Labute approximate surface area is 223 Å². The van der Waals surface area contributed by atoms with E-state index in [1.165, 1.54) is 6.42 Å². The van der Waals surface area contributed by atoms with E-state index in [0.29, 0.717) is 18.7 Å². The molecule has 38 heavy (non-hydrogen) atoms. The number of imidazole rings is 1. The van der Waals surface area contributed by atoms with Gasteiger partial charge in [0.2, 0.25) is 5.91 Å². The first-order valence-corrected chi connectivity index (χ1v) is 13.3. The van der Waals surface area contributed by atoms with Gasteiger partial charge in [0.05, 0.1) is 6.33 Å². The molecule has 5 rings (SSSR count). The summed E-state index contributed by atoms with van der Waals surface area (Å²) in [6.45, 7) is 4.27. The van der Waals surface area contributed by atoms with Crippen LogP contribution < -0.4 is 16.0 Å². The van der Waals surface area contributed by atoms with Gasteiger partial charge in [-0.3, -0.25) is 4.79 Å². The molecule has 8 heteroatoms. The van der Waals surface area contributed by atoms with Crippen LogP contribution in [0.2, 0.25) is 0 Å². The maximum atomic E-state index is 13.9. The van der Waals surface area contributed by atoms with Gasteiger partial charge >= 0.3 is 6.03 Å². The number of hydrogen-bond acceptors (Lipinski definition) is 3. The molecule has 1 fully saturated rings. The number of nitrogens with zero attached hydrogens (tertiary/aromatic N) is 1. The van der Waals surface area contributed by atoms with Crippen LogP contribution in [-0.2, 0) is 16.6 Å². The maximum absolute atomic E-state index is 13.9. The zero-order valence-corrected chi connectivity index (χ0v) is 22.1. The maximum Gasteiger partial charge on any atom is 0.320 e. The van der Waals surface area contributed by atoms with E-state index in [1.807, 2.05) is 67.8 Å². The number of rotatable bonds is 8. The van der Waals surface area contributed by atoms with Crippen LogP contribution in [-0.4, -0.2) is 39.0 Å². The van der Waals surface area contributed by atoms with Crippen molar-refractivity contribution < 1.29 is 9.59 Å². The molecule has 0 bridgehead atoms. The van der Waals surface area contributed by atoms with Gasteiger partial charge in [0, 0.05) is 53.1 Å². The Morgan fingerprint density at radius 3 is 2.53 bits per heavy atom. The molecule has 5 N–H and O–H groups in total. The van der Waals surface area contributed by atoms with Crippen LogP contribution in [0.1, 0.15) is 55.8 Å². The SMILES string of the molecule is Cc1ccc(NC(=O)NC(C)(Cc2c[nH]c3ccccc23)C(=O)NCC2(c3cnc[nH]3)CCCCC2)cc1. The molecule has 3 amide bonds. The number of hydrogen-bond donors (Lipinski definition) is 5. The van der Waals surface area contributed by atoms with Crippen LogP contribution in [0, 0.1) is 6.92 Å². The number of urea groups is 1. The van der Waals surface area contributed by atoms with E-state index in [9.17, 15) is 9.59 Å². The van der Waals surface area contributed by atoms with Crippen molar-refractivity contribution in [2.75, 3.05) is 11.9 Å². The largest absolute Gasteiger partial charge is 0.361 e. The number of carbonyl (C=O) groups excluding carboxylic acids is 2. The summed E-state index contributed by atoms with van der Waals surface area (Å²) in [6, 6.07) is 15.1. The molecule has 8 nitrogen and oxygen atoms in total. The Balaban J connectivity index is 1.38. The Morgan fingerprint density at radius 2 is 1.79 bits per heavy atom. The summed E-state index contributed by atoms with van der Waals surface area (Å²) in [5, 5.41) is 10.1. The van der Waals surface area contributed by atoms with Crippen molar-refractivity contribution in [2.24, 2.45) is 0 Å². The monoisotopic (exact) mass is 512 g/mol. The van der Waals surface area contributed by atoms with Crippen LogP contribution >= 0.6 is 0 Å². The van der Waals surface area contributed by atoms with Crippen molar-refractivity contribution in [3.05, 3.63) is 84.1 Å². The average Bonchev–Trinajstić information content (AvgIpc) is 3.60. The van der Waals surface area contributed by atoms with Gasteiger partial charge in [0.1, 0.15) is 5.54 Å². The lowest BCUT2D eigenvalue weighted by molar-refractivity contribution is -0.127. The van der Waals surface area contributed by atoms with Gasteiger partial charge in [-0.15, -0.1) is 0 Å². The van der Waals surface area contributed by atoms with E-state index < -0.39 is 11.6 Å². The third-order valence-electron chi connectivity index (χ3n) is 7.89. The predicted molar refractivity (Wildman–Crippen MR) is 150 cm³/mol. The molecule has 1 aliphatic rings. The molecule has 1 atom stereocenters. The second-order valence-electron chi connectivity index (χ2n) is 10.8. The lowest BCUT2D eigenvalue weighted by atomic mass is 9.71. The van der Waals surface area contributed by atoms with E-state index in [2.05, 4.69) is 30.9 Å². The first-order valence-electron chi connectivity index (χ1n) is 13.3. The molecule has 2 heterocycles. The molecule has 0 aliphatic heterocycles. The van der Waals surface area contributed by atoms with Crippen molar-refractivity contribution in [1.82, 2.24) is 25.6 Å². The summed E-state index contributed by atoms with van der Waals surface area (Å²) in [4.78, 5) is 37.9. The van der Waals surface area contributed by atoms with Gasteiger partial charge in [-0.25, -0.2) is 9.78 Å². The van der Waals surface area contributed by atoms with Crippen molar-refractivity contribution >= 4 is 28.5 Å². The second-order valence-corrected chi connectivity index (χ2v) is 10.8. The molecule has 1 aliphatic carbocycles. The molecule has 1 saturated carbocycles. The van der Waals surface area contributed by atoms with Gasteiger partial charge in [-0.1, -0.05) is 55.2 Å². The Morgan fingerprint density at radius 1 is 1.03 bits per heavy atom. The number of para-hydroxylation sites is 1. The van der Waals surface area contributed by atoms with Crippen LogP contribution in [0.15, 0.2) is 67.3 Å². The fraction of sp³-hybridized carbons (Fsp3) is 0.367. The number of nitrogens with one attached hydrogen (secondary N) is 5. The molecule has 198 valence electrons. The molecule has 2 aromatic carbocycles. The molecule has 0 spiro atoms. The van der Waals surface area contributed by atoms with Crippen molar-refractivity contribution in [2.45, 2.75) is 63.3 Å². The highest BCUT2D eigenvalue weighted by molar-refractivity contribution is 5.96. The average molecular weight is 513 g/mol. The van der Waals surface area contributed by atoms with Crippen LogP contribution in [0.5, 0.6) is 0 Å². The highest BCUT2D eigenvalue weighted by Gasteiger charge is 2.40. The standard InChI is InChI=1S/C30H36N6O2/c1-21-10-12-23(13-11-21)35-28(38)36-29(2,16-22-17-32-25-9-5-4-8-24(22)25)27(37)33-19-30(14-6-3-7-15-30)26-18-31-20-34-26/h4-5,8-13,17-18,20,32H,3,6-7,14-16,19H2,1-2H3,(H,31,34)(H,33,37)(H2,35,36,38). The van der Waals surface area contributed by atoms with E-state index in [-0.39, 0.29) is 11.3 Å². The quantitative estimate of drug-likeness (QED) is 0.219. The second kappa shape index (κ2) is 10.7. The summed E-state index contributed by atoms with van der Waals surface area (Å²) in [6.07, 6.45) is 11.2. The minimum atomic E-state index is -1.19. The Hall–Kier alpha value is -4.07. The first kappa shape index (κ1) is 25.6. The van der Waals surface area contributed by atoms with E-state index in [0.717, 1.165) is 53.4 Å². The third kappa shape index (κ3) is 5.44. The fourth-order valence-electron chi connectivity index (χ4n) is 5.65. The lowest BCUT2D eigenvalue weighted by Crippen LogP contribution is -2.60. The summed E-state index contributed by atoms with van der Waals surface area (Å²) in [5.41, 5.74) is 3.42. The number of aromatic amines is 2. The first-order chi connectivity index (χ1) is 18.4. The summed E-state index contributed by atoms with van der Waals surface area (Å²) in [5.74, 6) is -0.216. The number of aryl methyl sites for hydroxylation is 1. The number of carbonyl (C=O) groups is 2. The summed E-state index contributed by atoms with van der Waals surface area (Å²) in [7, 11) is 0. The molecule has 0 saturated heterocycles. The van der Waals surface area contributed by atoms with Crippen molar-refractivity contribution in [1.29, 1.82) is 0 Å².